The van der Waals surface area contributed by atoms with Crippen LogP contribution in [-0.4, -0.2) is 42.5 Å². The average molecular weight is 285 g/mol. The van der Waals surface area contributed by atoms with Gasteiger partial charge in [-0.25, -0.2) is 9.97 Å². The van der Waals surface area contributed by atoms with E-state index in [4.69, 9.17) is 11.6 Å². The van der Waals surface area contributed by atoms with Crippen LogP contribution >= 0.6 is 11.6 Å². The van der Waals surface area contributed by atoms with E-state index in [1.807, 2.05) is 0 Å². The molecule has 1 saturated heterocycles. The van der Waals surface area contributed by atoms with Crippen molar-refractivity contribution in [3.63, 3.8) is 0 Å². The predicted octanol–water partition coefficient (Wildman–Crippen LogP) is 0.698. The highest BCUT2D eigenvalue weighted by atomic mass is 35.5. The Labute approximate surface area is 114 Å². The van der Waals surface area contributed by atoms with E-state index >= 15 is 0 Å². The largest absolute Gasteiger partial charge is 0.469 e. The van der Waals surface area contributed by atoms with Gasteiger partial charge >= 0.3 is 5.97 Å². The van der Waals surface area contributed by atoms with Crippen molar-refractivity contribution in [1.82, 2.24) is 9.97 Å². The van der Waals surface area contributed by atoms with Crippen molar-refractivity contribution >= 4 is 35.0 Å². The Kier molecular flexibility index (Phi) is 3.84. The highest BCUT2D eigenvalue weighted by Gasteiger charge is 2.38. The van der Waals surface area contributed by atoms with Gasteiger partial charge in [-0.1, -0.05) is 11.6 Å². The molecule has 8 heteroatoms. The molecule has 2 heterocycles. The summed E-state index contributed by atoms with van der Waals surface area (Å²) in [5, 5.41) is 3.01. The van der Waals surface area contributed by atoms with E-state index in [0.717, 1.165) is 0 Å². The lowest BCUT2D eigenvalue weighted by Crippen LogP contribution is -2.27. The number of hydrogen-bond donors (Lipinski definition) is 1. The number of nitrogens with zero attached hydrogens (tertiary/aromatic N) is 3. The maximum atomic E-state index is 12.0. The Morgan fingerprint density at radius 1 is 1.58 bits per heavy atom. The SMILES string of the molecule is CNc1ncnc(Cl)c1N1CC(C(=O)OC)CC1=O. The molecule has 1 aliphatic heterocycles. The van der Waals surface area contributed by atoms with Crippen LogP contribution in [0.15, 0.2) is 6.33 Å². The fraction of sp³-hybridized carbons (Fsp3) is 0.455. The van der Waals surface area contributed by atoms with Gasteiger partial charge in [0.25, 0.3) is 0 Å². The molecule has 1 N–H and O–H groups in total. The molecule has 0 bridgehead atoms. The Balaban J connectivity index is 2.33. The molecule has 19 heavy (non-hydrogen) atoms. The molecule has 7 nitrogen and oxygen atoms in total. The fourth-order valence-corrected chi connectivity index (χ4v) is 2.26. The molecule has 1 unspecified atom stereocenters. The molecular formula is C11H13ClN4O3. The number of aromatic nitrogens is 2. The zero-order valence-corrected chi connectivity index (χ0v) is 11.3. The van der Waals surface area contributed by atoms with Crippen LogP contribution in [0.2, 0.25) is 5.15 Å². The lowest BCUT2D eigenvalue weighted by Gasteiger charge is -2.19. The normalized spacial score (nSPS) is 18.6. The maximum Gasteiger partial charge on any atom is 0.311 e. The topological polar surface area (TPSA) is 84.4 Å². The number of rotatable bonds is 3. The second kappa shape index (κ2) is 5.40. The van der Waals surface area contributed by atoms with E-state index in [1.54, 1.807) is 7.05 Å². The first-order chi connectivity index (χ1) is 9.08. The molecule has 1 amide bonds. The molecule has 102 valence electrons. The summed E-state index contributed by atoms with van der Waals surface area (Å²) in [7, 11) is 2.97. The zero-order chi connectivity index (χ0) is 14.0. The first-order valence-corrected chi connectivity index (χ1v) is 6.02. The monoisotopic (exact) mass is 284 g/mol. The van der Waals surface area contributed by atoms with Crippen molar-refractivity contribution < 1.29 is 14.3 Å². The van der Waals surface area contributed by atoms with Crippen molar-refractivity contribution in [2.75, 3.05) is 30.9 Å². The lowest BCUT2D eigenvalue weighted by atomic mass is 10.1. The third-order valence-corrected chi connectivity index (χ3v) is 3.22. The number of esters is 1. The fourth-order valence-electron chi connectivity index (χ4n) is 2.03. The first-order valence-electron chi connectivity index (χ1n) is 5.65. The van der Waals surface area contributed by atoms with Crippen LogP contribution in [-0.2, 0) is 14.3 Å². The summed E-state index contributed by atoms with van der Waals surface area (Å²) in [4.78, 5) is 32.8. The van der Waals surface area contributed by atoms with Gasteiger partial charge in [-0.05, 0) is 0 Å². The van der Waals surface area contributed by atoms with Gasteiger partial charge in [0.2, 0.25) is 5.91 Å². The zero-order valence-electron chi connectivity index (χ0n) is 10.5. The van der Waals surface area contributed by atoms with E-state index < -0.39 is 11.9 Å². The Morgan fingerprint density at radius 3 is 2.95 bits per heavy atom. The molecule has 1 aliphatic rings. The minimum absolute atomic E-state index is 0.0983. The quantitative estimate of drug-likeness (QED) is 0.650. The van der Waals surface area contributed by atoms with Crippen LogP contribution in [0.3, 0.4) is 0 Å². The van der Waals surface area contributed by atoms with E-state index in [0.29, 0.717) is 11.5 Å². The third-order valence-electron chi connectivity index (χ3n) is 2.94. The number of carbonyl (C=O) groups is 2. The smallest absolute Gasteiger partial charge is 0.311 e. The summed E-state index contributed by atoms with van der Waals surface area (Å²) < 4.78 is 4.66. The predicted molar refractivity (Wildman–Crippen MR) is 69.1 cm³/mol. The molecule has 1 atom stereocenters. The van der Waals surface area contributed by atoms with Gasteiger partial charge in [-0.3, -0.25) is 9.59 Å². The van der Waals surface area contributed by atoms with Gasteiger partial charge in [0.05, 0.1) is 13.0 Å². The van der Waals surface area contributed by atoms with Gasteiger partial charge in [-0.2, -0.15) is 0 Å². The van der Waals surface area contributed by atoms with E-state index in [2.05, 4.69) is 20.0 Å². The molecule has 0 saturated carbocycles. The summed E-state index contributed by atoms with van der Waals surface area (Å²) in [6.45, 7) is 0.216. The second-order valence-corrected chi connectivity index (χ2v) is 4.40. The van der Waals surface area contributed by atoms with Crippen molar-refractivity contribution in [2.45, 2.75) is 6.42 Å². The Morgan fingerprint density at radius 2 is 2.32 bits per heavy atom. The number of hydrogen-bond acceptors (Lipinski definition) is 6. The minimum Gasteiger partial charge on any atom is -0.469 e. The standard InChI is InChI=1S/C11H13ClN4O3/c1-13-10-8(9(12)14-5-15-10)16-4-6(3-7(16)17)11(18)19-2/h5-6H,3-4H2,1-2H3,(H,13,14,15). The summed E-state index contributed by atoms with van der Waals surface area (Å²) in [6.07, 6.45) is 1.40. The molecule has 1 aromatic rings. The van der Waals surface area contributed by atoms with Gasteiger partial charge in [-0.15, -0.1) is 0 Å². The minimum atomic E-state index is -0.488. The van der Waals surface area contributed by atoms with Crippen molar-refractivity contribution in [2.24, 2.45) is 5.92 Å². The first kappa shape index (κ1) is 13.5. The van der Waals surface area contributed by atoms with Crippen LogP contribution in [0.4, 0.5) is 11.5 Å². The summed E-state index contributed by atoms with van der Waals surface area (Å²) in [5.74, 6) is -0.657. The molecule has 0 radical (unpaired) electrons. The highest BCUT2D eigenvalue weighted by molar-refractivity contribution is 6.33. The van der Waals surface area contributed by atoms with Crippen LogP contribution < -0.4 is 10.2 Å². The van der Waals surface area contributed by atoms with Gasteiger partial charge in [0.15, 0.2) is 11.0 Å². The van der Waals surface area contributed by atoms with Crippen LogP contribution in [0.5, 0.6) is 0 Å². The van der Waals surface area contributed by atoms with Gasteiger partial charge < -0.3 is 15.0 Å². The van der Waals surface area contributed by atoms with Crippen molar-refractivity contribution in [1.29, 1.82) is 0 Å². The Hall–Kier alpha value is -1.89. The summed E-state index contributed by atoms with van der Waals surface area (Å²) in [5.41, 5.74) is 0.392. The number of halogens is 1. The molecule has 1 fully saturated rings. The van der Waals surface area contributed by atoms with Gasteiger partial charge in [0.1, 0.15) is 12.0 Å². The highest BCUT2D eigenvalue weighted by Crippen LogP contribution is 2.34. The van der Waals surface area contributed by atoms with Crippen LogP contribution in [0.25, 0.3) is 0 Å². The molecule has 0 spiro atoms. The maximum absolute atomic E-state index is 12.0. The number of nitrogens with one attached hydrogen (secondary N) is 1. The molecule has 0 aromatic carbocycles. The number of ether oxygens (including phenoxy) is 1. The van der Waals surface area contributed by atoms with E-state index in [-0.39, 0.29) is 24.0 Å². The second-order valence-electron chi connectivity index (χ2n) is 4.04. The van der Waals surface area contributed by atoms with E-state index in [1.165, 1.54) is 18.3 Å². The molecule has 2 rings (SSSR count). The van der Waals surface area contributed by atoms with Crippen LogP contribution in [0, 0.1) is 5.92 Å². The molecule has 1 aromatic heterocycles. The number of amides is 1. The summed E-state index contributed by atoms with van der Waals surface area (Å²) >= 11 is 6.01. The third kappa shape index (κ3) is 2.46. The molecule has 0 aliphatic carbocycles. The number of carbonyl (C=O) groups excluding carboxylic acids is 2. The van der Waals surface area contributed by atoms with Gasteiger partial charge in [0, 0.05) is 20.0 Å². The lowest BCUT2D eigenvalue weighted by molar-refractivity contribution is -0.145. The van der Waals surface area contributed by atoms with Crippen molar-refractivity contribution in [3.8, 4) is 0 Å². The summed E-state index contributed by atoms with van der Waals surface area (Å²) in [6, 6.07) is 0. The van der Waals surface area contributed by atoms with E-state index in [9.17, 15) is 9.59 Å². The molecular weight excluding hydrogens is 272 g/mol. The average Bonchev–Trinajstić information content (AvgIpc) is 2.79. The van der Waals surface area contributed by atoms with Crippen LogP contribution in [0.1, 0.15) is 6.42 Å². The van der Waals surface area contributed by atoms with Crippen molar-refractivity contribution in [3.05, 3.63) is 11.5 Å². The Bertz CT molecular complexity index is 523. The number of methoxy groups -OCH3 is 1. The number of anilines is 2.